The monoisotopic (exact) mass is 299 g/mol. The topological polar surface area (TPSA) is 37.4 Å². The van der Waals surface area contributed by atoms with Crippen LogP contribution in [0.4, 0.5) is 5.69 Å². The number of aryl methyl sites for hydroxylation is 1. The smallest absolute Gasteiger partial charge is 0.153 e. The second kappa shape index (κ2) is 4.21. The van der Waals surface area contributed by atoms with E-state index in [1.807, 2.05) is 30.0 Å². The summed E-state index contributed by atoms with van der Waals surface area (Å²) in [5, 5.41) is 0.100. The van der Waals surface area contributed by atoms with Crippen molar-refractivity contribution in [3.05, 3.63) is 29.8 Å². The molecule has 1 aromatic rings. The molecule has 2 heterocycles. The molecule has 6 heteroatoms. The van der Waals surface area contributed by atoms with Gasteiger partial charge in [-0.2, -0.15) is 0 Å². The third kappa shape index (κ3) is 2.06. The summed E-state index contributed by atoms with van der Waals surface area (Å²) in [5.41, 5.74) is 2.17. The van der Waals surface area contributed by atoms with E-state index in [1.165, 1.54) is 11.8 Å². The molecule has 1 aromatic carbocycles. The summed E-state index contributed by atoms with van der Waals surface area (Å²) in [4.78, 5) is 2.02. The van der Waals surface area contributed by atoms with Crippen LogP contribution < -0.4 is 4.90 Å². The molecule has 2 aliphatic heterocycles. The average molecular weight is 299 g/mol. The first-order valence-electron chi connectivity index (χ1n) is 5.73. The minimum Gasteiger partial charge on any atom is -0.322 e. The van der Waals surface area contributed by atoms with Gasteiger partial charge in [-0.05, 0) is 24.6 Å². The fourth-order valence-corrected chi connectivity index (χ4v) is 6.92. The highest BCUT2D eigenvalue weighted by Crippen LogP contribution is 2.40. The minimum atomic E-state index is -2.90. The van der Waals surface area contributed by atoms with Gasteiger partial charge in [-0.25, -0.2) is 8.42 Å². The summed E-state index contributed by atoms with van der Waals surface area (Å²) in [6.45, 7) is 2.03. The van der Waals surface area contributed by atoms with Crippen LogP contribution in [-0.4, -0.2) is 35.5 Å². The summed E-state index contributed by atoms with van der Waals surface area (Å²) >= 11 is 6.91. The number of anilines is 1. The van der Waals surface area contributed by atoms with Gasteiger partial charge in [0, 0.05) is 10.9 Å². The number of nitrogens with zero attached hydrogens (tertiary/aromatic N) is 1. The van der Waals surface area contributed by atoms with Crippen LogP contribution in [0.3, 0.4) is 0 Å². The van der Waals surface area contributed by atoms with Gasteiger partial charge >= 0.3 is 0 Å². The predicted molar refractivity (Wildman–Crippen MR) is 80.1 cm³/mol. The molecular formula is C12H13NO2S3. The Morgan fingerprint density at radius 1 is 1.39 bits per heavy atom. The molecule has 0 aliphatic carbocycles. The highest BCUT2D eigenvalue weighted by Gasteiger charge is 2.48. The summed E-state index contributed by atoms with van der Waals surface area (Å²) < 4.78 is 24.2. The van der Waals surface area contributed by atoms with E-state index in [4.69, 9.17) is 12.2 Å². The minimum absolute atomic E-state index is 0.00861. The first-order chi connectivity index (χ1) is 8.46. The SMILES string of the molecule is Cc1cccc(N2C(=S)S[C@@H]3CS(=O)(=O)C[C@H]32)c1. The van der Waals surface area contributed by atoms with E-state index >= 15 is 0 Å². The molecule has 2 atom stereocenters. The molecule has 0 aromatic heterocycles. The summed E-state index contributed by atoms with van der Waals surface area (Å²) in [6, 6.07) is 8.06. The Morgan fingerprint density at radius 2 is 2.17 bits per heavy atom. The van der Waals surface area contributed by atoms with E-state index < -0.39 is 9.84 Å². The molecule has 2 aliphatic rings. The number of sulfone groups is 1. The second-order valence-corrected chi connectivity index (χ2v) is 8.80. The molecule has 2 saturated heterocycles. The zero-order valence-corrected chi connectivity index (χ0v) is 12.3. The molecule has 0 bridgehead atoms. The molecule has 0 N–H and O–H groups in total. The highest BCUT2D eigenvalue weighted by molar-refractivity contribution is 8.24. The number of thiocarbonyl (C=S) groups is 1. The van der Waals surface area contributed by atoms with Gasteiger partial charge in [-0.15, -0.1) is 0 Å². The van der Waals surface area contributed by atoms with E-state index in [0.717, 1.165) is 15.6 Å². The van der Waals surface area contributed by atoms with E-state index in [1.54, 1.807) is 0 Å². The van der Waals surface area contributed by atoms with Crippen molar-refractivity contribution in [2.24, 2.45) is 0 Å². The van der Waals surface area contributed by atoms with Gasteiger partial charge in [-0.3, -0.25) is 0 Å². The predicted octanol–water partition coefficient (Wildman–Crippen LogP) is 2.00. The number of benzene rings is 1. The number of hydrogen-bond acceptors (Lipinski definition) is 4. The number of hydrogen-bond donors (Lipinski definition) is 0. The summed E-state index contributed by atoms with van der Waals surface area (Å²) in [5.74, 6) is 0.476. The Morgan fingerprint density at radius 3 is 2.89 bits per heavy atom. The van der Waals surface area contributed by atoms with Crippen LogP contribution in [0.15, 0.2) is 24.3 Å². The zero-order valence-electron chi connectivity index (χ0n) is 9.87. The molecule has 3 rings (SSSR count). The van der Waals surface area contributed by atoms with E-state index in [9.17, 15) is 8.42 Å². The Kier molecular flexibility index (Phi) is 2.91. The van der Waals surface area contributed by atoms with Crippen LogP contribution >= 0.6 is 24.0 Å². The molecule has 3 nitrogen and oxygen atoms in total. The van der Waals surface area contributed by atoms with Gasteiger partial charge in [0.15, 0.2) is 9.84 Å². The molecular weight excluding hydrogens is 286 g/mol. The first kappa shape index (κ1) is 12.4. The number of rotatable bonds is 1. The van der Waals surface area contributed by atoms with Crippen LogP contribution in [0.5, 0.6) is 0 Å². The highest BCUT2D eigenvalue weighted by atomic mass is 32.2. The maximum absolute atomic E-state index is 11.7. The lowest BCUT2D eigenvalue weighted by Gasteiger charge is -2.24. The van der Waals surface area contributed by atoms with Gasteiger partial charge in [-0.1, -0.05) is 36.1 Å². The molecule has 0 radical (unpaired) electrons. The van der Waals surface area contributed by atoms with Gasteiger partial charge < -0.3 is 4.90 Å². The summed E-state index contributed by atoms with van der Waals surface area (Å²) in [6.07, 6.45) is 0. The van der Waals surface area contributed by atoms with Crippen LogP contribution in [0.2, 0.25) is 0 Å². The van der Waals surface area contributed by atoms with Gasteiger partial charge in [0.05, 0.1) is 17.5 Å². The Labute approximate surface area is 116 Å². The Hall–Kier alpha value is -0.590. The third-order valence-electron chi connectivity index (χ3n) is 3.33. The van der Waals surface area contributed by atoms with Crippen molar-refractivity contribution in [1.82, 2.24) is 0 Å². The third-order valence-corrected chi connectivity index (χ3v) is 6.93. The van der Waals surface area contributed by atoms with E-state index in [2.05, 4.69) is 6.07 Å². The standard InChI is InChI=1S/C12H13NO2S3/c1-8-3-2-4-9(5-8)13-10-6-18(14,15)7-11(10)17-12(13)16/h2-5,10-11H,6-7H2,1H3/t10-,11-/m1/s1. The normalized spacial score (nSPS) is 29.6. The van der Waals surface area contributed by atoms with Crippen LogP contribution in [0, 0.1) is 6.92 Å². The van der Waals surface area contributed by atoms with Gasteiger partial charge in [0.1, 0.15) is 4.32 Å². The van der Waals surface area contributed by atoms with Crippen molar-refractivity contribution in [2.75, 3.05) is 16.4 Å². The molecule has 0 amide bonds. The molecule has 2 fully saturated rings. The average Bonchev–Trinajstić information content (AvgIpc) is 2.68. The maximum Gasteiger partial charge on any atom is 0.153 e. The Balaban J connectivity index is 1.99. The summed E-state index contributed by atoms with van der Waals surface area (Å²) in [7, 11) is -2.90. The fourth-order valence-electron chi connectivity index (χ4n) is 2.55. The van der Waals surface area contributed by atoms with Crippen LogP contribution in [0.1, 0.15) is 5.56 Å². The van der Waals surface area contributed by atoms with Crippen molar-refractivity contribution >= 4 is 43.8 Å². The number of fused-ring (bicyclic) bond motifs is 1. The van der Waals surface area contributed by atoms with Crippen LogP contribution in [-0.2, 0) is 9.84 Å². The number of thioether (sulfide) groups is 1. The zero-order chi connectivity index (χ0) is 12.9. The molecule has 96 valence electrons. The van der Waals surface area contributed by atoms with Crippen molar-refractivity contribution in [2.45, 2.75) is 18.2 Å². The van der Waals surface area contributed by atoms with Crippen molar-refractivity contribution < 1.29 is 8.42 Å². The van der Waals surface area contributed by atoms with Crippen molar-refractivity contribution in [3.8, 4) is 0 Å². The van der Waals surface area contributed by atoms with Crippen molar-refractivity contribution in [3.63, 3.8) is 0 Å². The van der Waals surface area contributed by atoms with Gasteiger partial charge in [0.25, 0.3) is 0 Å². The molecule has 18 heavy (non-hydrogen) atoms. The molecule has 0 saturated carbocycles. The fraction of sp³-hybridized carbons (Fsp3) is 0.417. The lowest BCUT2D eigenvalue weighted by molar-refractivity contribution is 0.601. The van der Waals surface area contributed by atoms with E-state index in [0.29, 0.717) is 0 Å². The van der Waals surface area contributed by atoms with Gasteiger partial charge in [0.2, 0.25) is 0 Å². The largest absolute Gasteiger partial charge is 0.322 e. The van der Waals surface area contributed by atoms with Crippen LogP contribution in [0.25, 0.3) is 0 Å². The second-order valence-electron chi connectivity index (χ2n) is 4.78. The quantitative estimate of drug-likeness (QED) is 0.742. The maximum atomic E-state index is 11.7. The first-order valence-corrected chi connectivity index (χ1v) is 8.84. The lowest BCUT2D eigenvalue weighted by atomic mass is 10.1. The van der Waals surface area contributed by atoms with E-state index in [-0.39, 0.29) is 22.8 Å². The lowest BCUT2D eigenvalue weighted by Crippen LogP contribution is -2.36. The molecule has 0 unspecified atom stereocenters. The Bertz CT molecular complexity index is 612. The van der Waals surface area contributed by atoms with Crippen molar-refractivity contribution in [1.29, 1.82) is 0 Å². The molecule has 0 spiro atoms.